The number of fused-ring (bicyclic) bond motifs is 1. The first-order valence-electron chi connectivity index (χ1n) is 10.4. The number of Topliss-reactive ketones (excluding diaryl/α,β-unsaturated/α-hetero) is 1. The number of pyridine rings is 1. The summed E-state index contributed by atoms with van der Waals surface area (Å²) in [6.45, 7) is 3.04. The summed E-state index contributed by atoms with van der Waals surface area (Å²) in [5.74, 6) is -0.469. The van der Waals surface area contributed by atoms with Crippen molar-refractivity contribution in [1.82, 2.24) is 14.5 Å². The number of ketones is 1. The van der Waals surface area contributed by atoms with E-state index in [9.17, 15) is 22.8 Å². The topological polar surface area (TPSA) is 80.6 Å². The van der Waals surface area contributed by atoms with Crippen molar-refractivity contribution >= 4 is 17.5 Å². The van der Waals surface area contributed by atoms with E-state index >= 15 is 0 Å². The van der Waals surface area contributed by atoms with Crippen LogP contribution in [0.1, 0.15) is 30.8 Å². The molecule has 0 bridgehead atoms. The van der Waals surface area contributed by atoms with E-state index in [4.69, 9.17) is 4.74 Å². The number of ether oxygens (including phenoxy) is 1. The molecule has 0 aliphatic carbocycles. The number of hydrogen-bond donors (Lipinski definition) is 0. The van der Waals surface area contributed by atoms with Gasteiger partial charge in [0.25, 0.3) is 5.56 Å². The summed E-state index contributed by atoms with van der Waals surface area (Å²) in [5.41, 5.74) is -3.01. The van der Waals surface area contributed by atoms with Crippen molar-refractivity contribution in [3.8, 4) is 0 Å². The van der Waals surface area contributed by atoms with Crippen LogP contribution in [0.2, 0.25) is 0 Å². The van der Waals surface area contributed by atoms with Crippen molar-refractivity contribution in [3.63, 3.8) is 0 Å². The van der Waals surface area contributed by atoms with Crippen molar-refractivity contribution in [2.45, 2.75) is 44.6 Å². The molecule has 2 aliphatic heterocycles. The quantitative estimate of drug-likeness (QED) is 0.646. The predicted octanol–water partition coefficient (Wildman–Crippen LogP) is 2.28. The first-order valence-corrected chi connectivity index (χ1v) is 10.4. The third-order valence-electron chi connectivity index (χ3n) is 6.13. The number of hydrogen-bond acceptors (Lipinski definition) is 7. The SMILES string of the molecule is CC[C@@H]1COCCN1c1cc(=O)n2c(n1)N(CC(=O)c1ccccn1)[C@](C)(C(F)(F)F)C2. The summed E-state index contributed by atoms with van der Waals surface area (Å²) in [5, 5.41) is 0. The van der Waals surface area contributed by atoms with Crippen LogP contribution in [0.25, 0.3) is 0 Å². The lowest BCUT2D eigenvalue weighted by Gasteiger charge is -2.37. The van der Waals surface area contributed by atoms with E-state index in [-0.39, 0.29) is 23.5 Å². The molecule has 11 heteroatoms. The van der Waals surface area contributed by atoms with E-state index in [1.54, 1.807) is 12.1 Å². The van der Waals surface area contributed by atoms with Gasteiger partial charge in [-0.3, -0.25) is 19.1 Å². The van der Waals surface area contributed by atoms with Gasteiger partial charge in [-0.15, -0.1) is 0 Å². The summed E-state index contributed by atoms with van der Waals surface area (Å²) in [6, 6.07) is 5.86. The van der Waals surface area contributed by atoms with E-state index in [1.165, 1.54) is 18.3 Å². The molecular weight excluding hydrogens is 427 g/mol. The molecule has 1 fully saturated rings. The van der Waals surface area contributed by atoms with Gasteiger partial charge in [0.1, 0.15) is 11.5 Å². The molecule has 0 spiro atoms. The lowest BCUT2D eigenvalue weighted by atomic mass is 10.0. The minimum Gasteiger partial charge on any atom is -0.377 e. The van der Waals surface area contributed by atoms with Crippen LogP contribution in [-0.4, -0.2) is 64.4 Å². The maximum absolute atomic E-state index is 14.2. The summed E-state index contributed by atoms with van der Waals surface area (Å²) in [4.78, 5) is 36.8. The molecular formula is C21H24F3N5O3. The van der Waals surface area contributed by atoms with Gasteiger partial charge in [-0.25, -0.2) is 0 Å². The molecule has 172 valence electrons. The number of carbonyl (C=O) groups excluding carboxylic acids is 1. The summed E-state index contributed by atoms with van der Waals surface area (Å²) in [6.07, 6.45) is -2.58. The third kappa shape index (κ3) is 3.74. The van der Waals surface area contributed by atoms with E-state index in [2.05, 4.69) is 9.97 Å². The molecule has 8 nitrogen and oxygen atoms in total. The molecule has 0 saturated carbocycles. The zero-order valence-corrected chi connectivity index (χ0v) is 17.8. The van der Waals surface area contributed by atoms with Crippen LogP contribution in [0, 0.1) is 0 Å². The molecule has 0 unspecified atom stereocenters. The number of anilines is 2. The third-order valence-corrected chi connectivity index (χ3v) is 6.13. The van der Waals surface area contributed by atoms with Gasteiger partial charge in [-0.1, -0.05) is 13.0 Å². The van der Waals surface area contributed by atoms with Crippen molar-refractivity contribution in [1.29, 1.82) is 0 Å². The van der Waals surface area contributed by atoms with E-state index in [0.717, 1.165) is 22.8 Å². The number of alkyl halides is 3. The first-order chi connectivity index (χ1) is 15.2. The molecule has 0 radical (unpaired) electrons. The molecule has 2 atom stereocenters. The molecule has 0 N–H and O–H groups in total. The molecule has 0 amide bonds. The Bertz CT molecular complexity index is 1060. The molecule has 1 saturated heterocycles. The Kier molecular flexibility index (Phi) is 5.70. The van der Waals surface area contributed by atoms with Gasteiger partial charge in [0.15, 0.2) is 11.3 Å². The smallest absolute Gasteiger partial charge is 0.377 e. The van der Waals surface area contributed by atoms with Crippen LogP contribution in [0.5, 0.6) is 0 Å². The van der Waals surface area contributed by atoms with Gasteiger partial charge >= 0.3 is 6.18 Å². The predicted molar refractivity (Wildman–Crippen MR) is 111 cm³/mol. The zero-order valence-electron chi connectivity index (χ0n) is 17.8. The molecule has 32 heavy (non-hydrogen) atoms. The lowest BCUT2D eigenvalue weighted by molar-refractivity contribution is -0.181. The van der Waals surface area contributed by atoms with Gasteiger partial charge in [0, 0.05) is 18.8 Å². The molecule has 0 aromatic carbocycles. The van der Waals surface area contributed by atoms with E-state index in [0.29, 0.717) is 19.8 Å². The Morgan fingerprint density at radius 1 is 1.34 bits per heavy atom. The summed E-state index contributed by atoms with van der Waals surface area (Å²) in [7, 11) is 0. The Labute approximate surface area is 182 Å². The largest absolute Gasteiger partial charge is 0.413 e. The van der Waals surface area contributed by atoms with Gasteiger partial charge < -0.3 is 14.5 Å². The molecule has 2 aromatic heterocycles. The Balaban J connectivity index is 1.78. The summed E-state index contributed by atoms with van der Waals surface area (Å²) >= 11 is 0. The van der Waals surface area contributed by atoms with Gasteiger partial charge in [0.05, 0.1) is 32.3 Å². The fraction of sp³-hybridized carbons (Fsp3) is 0.524. The van der Waals surface area contributed by atoms with E-state index in [1.807, 2.05) is 11.8 Å². The standard InChI is InChI=1S/C21H24F3N5O3/c1-3-14-12-32-9-8-27(14)17-10-18(31)28-13-20(2,21(22,23)24)29(19(28)26-17)11-16(30)15-6-4-5-7-25-15/h4-7,10,14H,3,8-9,11-13H2,1-2H3/t14-,20+/m1/s1. The van der Waals surface area contributed by atoms with E-state index < -0.39 is 36.1 Å². The highest BCUT2D eigenvalue weighted by atomic mass is 19.4. The van der Waals surface area contributed by atoms with Crippen molar-refractivity contribution in [2.24, 2.45) is 0 Å². The minimum atomic E-state index is -4.71. The second-order valence-corrected chi connectivity index (χ2v) is 8.17. The van der Waals surface area contributed by atoms with Crippen molar-refractivity contribution < 1.29 is 22.7 Å². The number of morpholine rings is 1. The second kappa shape index (κ2) is 8.19. The van der Waals surface area contributed by atoms with Gasteiger partial charge in [-0.2, -0.15) is 18.2 Å². The average molecular weight is 451 g/mol. The van der Waals surface area contributed by atoms with Gasteiger partial charge in [0.2, 0.25) is 5.95 Å². The first kappa shape index (κ1) is 22.3. The zero-order chi connectivity index (χ0) is 23.1. The average Bonchev–Trinajstić information content (AvgIpc) is 3.07. The van der Waals surface area contributed by atoms with Crippen LogP contribution in [0.15, 0.2) is 35.3 Å². The van der Waals surface area contributed by atoms with Crippen LogP contribution in [0.3, 0.4) is 0 Å². The maximum atomic E-state index is 14.2. The Morgan fingerprint density at radius 3 is 2.78 bits per heavy atom. The number of nitrogens with zero attached hydrogens (tertiary/aromatic N) is 5. The fourth-order valence-electron chi connectivity index (χ4n) is 4.13. The minimum absolute atomic E-state index is 0.0438. The fourth-order valence-corrected chi connectivity index (χ4v) is 4.13. The van der Waals surface area contributed by atoms with Crippen molar-refractivity contribution in [2.75, 3.05) is 36.1 Å². The molecule has 2 aromatic rings. The highest BCUT2D eigenvalue weighted by Gasteiger charge is 2.60. The Morgan fingerprint density at radius 2 is 2.12 bits per heavy atom. The number of rotatable bonds is 5. The highest BCUT2D eigenvalue weighted by Crippen LogP contribution is 2.43. The van der Waals surface area contributed by atoms with Crippen LogP contribution < -0.4 is 15.4 Å². The number of carbonyl (C=O) groups is 1. The van der Waals surface area contributed by atoms with Gasteiger partial charge in [-0.05, 0) is 25.5 Å². The lowest BCUT2D eigenvalue weighted by Crippen LogP contribution is -2.57. The van der Waals surface area contributed by atoms with Crippen LogP contribution >= 0.6 is 0 Å². The second-order valence-electron chi connectivity index (χ2n) is 8.17. The van der Waals surface area contributed by atoms with Crippen molar-refractivity contribution in [3.05, 3.63) is 46.5 Å². The van der Waals surface area contributed by atoms with Crippen LogP contribution in [0.4, 0.5) is 24.9 Å². The molecule has 4 rings (SSSR count). The normalized spacial score (nSPS) is 23.3. The van der Waals surface area contributed by atoms with Crippen LogP contribution in [-0.2, 0) is 11.3 Å². The molecule has 2 aliphatic rings. The monoisotopic (exact) mass is 451 g/mol. The maximum Gasteiger partial charge on any atom is 0.413 e. The number of halogens is 3. The summed E-state index contributed by atoms with van der Waals surface area (Å²) < 4.78 is 49.0. The number of aromatic nitrogens is 3. The Hall–Kier alpha value is -2.95. The highest BCUT2D eigenvalue weighted by molar-refractivity contribution is 5.97. The molecule has 4 heterocycles.